The Kier molecular flexibility index (Phi) is 9.20. The lowest BCUT2D eigenvalue weighted by atomic mass is 9.70. The Balaban J connectivity index is 1.63. The van der Waals surface area contributed by atoms with Crippen molar-refractivity contribution in [3.63, 3.8) is 0 Å². The number of ether oxygens (including phenoxy) is 1. The highest BCUT2D eigenvalue weighted by Gasteiger charge is 2.45. The number of carbonyl (C=O) groups excluding carboxylic acids is 1. The van der Waals surface area contributed by atoms with E-state index in [0.717, 1.165) is 44.9 Å². The summed E-state index contributed by atoms with van der Waals surface area (Å²) in [6, 6.07) is 4.73. The van der Waals surface area contributed by atoms with Crippen molar-refractivity contribution in [3.8, 4) is 0 Å². The number of unbranched alkanes of at least 4 members (excludes halogenated alkanes) is 1. The van der Waals surface area contributed by atoms with Crippen molar-refractivity contribution in [1.29, 1.82) is 0 Å². The molecule has 4 N–H and O–H groups in total. The van der Waals surface area contributed by atoms with Gasteiger partial charge in [-0.1, -0.05) is 24.3 Å². The number of nitrogens with two attached hydrogens (primary N) is 1. The Morgan fingerprint density at radius 2 is 2.08 bits per heavy atom. The highest BCUT2D eigenvalue weighted by atomic mass is 19.1. The lowest BCUT2D eigenvalue weighted by molar-refractivity contribution is -0.141. The van der Waals surface area contributed by atoms with Crippen molar-refractivity contribution in [1.82, 2.24) is 4.90 Å². The number of aliphatic hydroxyl groups is 2. The zero-order valence-electron chi connectivity index (χ0n) is 21.6. The fourth-order valence-corrected chi connectivity index (χ4v) is 6.62. The lowest BCUT2D eigenvalue weighted by Crippen LogP contribution is -2.50. The van der Waals surface area contributed by atoms with Gasteiger partial charge in [-0.3, -0.25) is 4.79 Å². The van der Waals surface area contributed by atoms with Gasteiger partial charge in [-0.05, 0) is 75.8 Å². The number of allylic oxidation sites excluding steroid dienone is 2. The molecule has 0 aromatic heterocycles. The second kappa shape index (κ2) is 12.2. The largest absolute Gasteiger partial charge is 0.391 e. The predicted molar refractivity (Wildman–Crippen MR) is 138 cm³/mol. The summed E-state index contributed by atoms with van der Waals surface area (Å²) in [7, 11) is 1.67. The Morgan fingerprint density at radius 1 is 1.25 bits per heavy atom. The van der Waals surface area contributed by atoms with Gasteiger partial charge in [-0.25, -0.2) is 4.39 Å². The van der Waals surface area contributed by atoms with Crippen molar-refractivity contribution >= 4 is 5.91 Å². The highest BCUT2D eigenvalue weighted by Crippen LogP contribution is 2.45. The summed E-state index contributed by atoms with van der Waals surface area (Å²) in [5.74, 6) is -0.782. The summed E-state index contributed by atoms with van der Waals surface area (Å²) in [6.45, 7) is 1.67. The molecule has 0 bridgehead atoms. The minimum Gasteiger partial charge on any atom is -0.391 e. The van der Waals surface area contributed by atoms with E-state index in [1.807, 2.05) is 11.0 Å². The van der Waals surface area contributed by atoms with E-state index in [2.05, 4.69) is 12.2 Å². The van der Waals surface area contributed by atoms with E-state index in [1.54, 1.807) is 13.2 Å². The molecule has 1 aromatic carbocycles. The van der Waals surface area contributed by atoms with Crippen LogP contribution in [0.1, 0.15) is 81.3 Å². The first-order chi connectivity index (χ1) is 17.3. The molecule has 1 aliphatic heterocycles. The van der Waals surface area contributed by atoms with Crippen molar-refractivity contribution in [3.05, 3.63) is 47.3 Å². The molecule has 200 valence electrons. The van der Waals surface area contributed by atoms with Gasteiger partial charge in [0.05, 0.1) is 11.7 Å². The average Bonchev–Trinajstić information content (AvgIpc) is 3.24. The lowest BCUT2D eigenvalue weighted by Gasteiger charge is -2.44. The molecule has 1 saturated heterocycles. The van der Waals surface area contributed by atoms with Gasteiger partial charge in [0.1, 0.15) is 5.82 Å². The van der Waals surface area contributed by atoms with Crippen LogP contribution in [-0.2, 0) is 15.1 Å². The minimum absolute atomic E-state index is 0.0168. The summed E-state index contributed by atoms with van der Waals surface area (Å²) in [5, 5.41) is 22.5. The number of amides is 1. The van der Waals surface area contributed by atoms with E-state index in [-0.39, 0.29) is 35.5 Å². The van der Waals surface area contributed by atoms with E-state index in [4.69, 9.17) is 10.5 Å². The molecule has 1 heterocycles. The van der Waals surface area contributed by atoms with Crippen LogP contribution in [0.4, 0.5) is 4.39 Å². The number of carbonyl (C=O) groups is 1. The van der Waals surface area contributed by atoms with Crippen LogP contribution in [0.3, 0.4) is 0 Å². The minimum atomic E-state index is -1.25. The zero-order chi connectivity index (χ0) is 25.7. The number of nitrogens with zero attached hydrogens (tertiary/aromatic N) is 1. The number of aliphatic hydroxyl groups excluding tert-OH is 1. The van der Waals surface area contributed by atoms with Crippen LogP contribution in [0, 0.1) is 17.7 Å². The van der Waals surface area contributed by atoms with E-state index < -0.39 is 11.7 Å². The topological polar surface area (TPSA) is 96.0 Å². The Bertz CT molecular complexity index is 915. The van der Waals surface area contributed by atoms with E-state index >= 15 is 4.39 Å². The van der Waals surface area contributed by atoms with Crippen molar-refractivity contribution in [2.45, 2.75) is 87.9 Å². The maximum absolute atomic E-state index is 15.4. The molecular weight excluding hydrogens is 459 g/mol. The highest BCUT2D eigenvalue weighted by molar-refractivity contribution is 5.79. The summed E-state index contributed by atoms with van der Waals surface area (Å²) >= 11 is 0. The smallest absolute Gasteiger partial charge is 0.225 e. The van der Waals surface area contributed by atoms with Crippen LogP contribution in [0.2, 0.25) is 0 Å². The number of hydrogen-bond acceptors (Lipinski definition) is 5. The number of halogens is 1. The van der Waals surface area contributed by atoms with Gasteiger partial charge < -0.3 is 25.6 Å². The molecule has 4 rings (SSSR count). The van der Waals surface area contributed by atoms with Crippen molar-refractivity contribution < 1.29 is 24.1 Å². The van der Waals surface area contributed by atoms with Crippen LogP contribution in [0.15, 0.2) is 30.4 Å². The molecule has 2 fully saturated rings. The maximum atomic E-state index is 15.4. The van der Waals surface area contributed by atoms with Crippen LogP contribution < -0.4 is 5.73 Å². The molecule has 2 aliphatic carbocycles. The molecule has 1 amide bonds. The van der Waals surface area contributed by atoms with Gasteiger partial charge in [0, 0.05) is 56.2 Å². The van der Waals surface area contributed by atoms with Gasteiger partial charge in [-0.2, -0.15) is 0 Å². The molecule has 1 saturated carbocycles. The SMILES string of the molecule is COCCCC[C@@](O)(c1cccc(F)c1C1C=CCCC1)[C@@H]1CCCN(C(=O)[C@H]2C[C@@H](N)[C@@H](O)C2)C1. The predicted octanol–water partition coefficient (Wildman–Crippen LogP) is 3.99. The van der Waals surface area contributed by atoms with Gasteiger partial charge in [0.2, 0.25) is 5.91 Å². The number of likely N-dealkylation sites (tertiary alicyclic amines) is 1. The third-order valence-electron chi connectivity index (χ3n) is 8.64. The molecule has 36 heavy (non-hydrogen) atoms. The van der Waals surface area contributed by atoms with Gasteiger partial charge in [-0.15, -0.1) is 0 Å². The van der Waals surface area contributed by atoms with Gasteiger partial charge >= 0.3 is 0 Å². The van der Waals surface area contributed by atoms with Gasteiger partial charge in [0.15, 0.2) is 0 Å². The Hall–Kier alpha value is -1.80. The molecule has 6 nitrogen and oxygen atoms in total. The normalized spacial score (nSPS) is 30.4. The van der Waals surface area contributed by atoms with Crippen LogP contribution in [0.5, 0.6) is 0 Å². The molecule has 0 spiro atoms. The first kappa shape index (κ1) is 27.2. The fraction of sp³-hybridized carbons (Fsp3) is 0.690. The number of piperidine rings is 1. The maximum Gasteiger partial charge on any atom is 0.225 e. The second-order valence-corrected chi connectivity index (χ2v) is 11.1. The number of rotatable bonds is 9. The number of methoxy groups -OCH3 is 1. The Morgan fingerprint density at radius 3 is 2.78 bits per heavy atom. The van der Waals surface area contributed by atoms with Crippen LogP contribution in [0.25, 0.3) is 0 Å². The summed E-state index contributed by atoms with van der Waals surface area (Å²) in [4.78, 5) is 15.2. The number of hydrogen-bond donors (Lipinski definition) is 3. The molecule has 6 atom stereocenters. The van der Waals surface area contributed by atoms with E-state index in [1.165, 1.54) is 6.07 Å². The van der Waals surface area contributed by atoms with Crippen LogP contribution >= 0.6 is 0 Å². The monoisotopic (exact) mass is 502 g/mol. The van der Waals surface area contributed by atoms with Crippen molar-refractivity contribution in [2.75, 3.05) is 26.8 Å². The molecule has 7 heteroatoms. The molecule has 1 aromatic rings. The Labute approximate surface area is 214 Å². The van der Waals surface area contributed by atoms with Crippen molar-refractivity contribution in [2.24, 2.45) is 17.6 Å². The second-order valence-electron chi connectivity index (χ2n) is 11.1. The number of benzene rings is 1. The first-order valence-electron chi connectivity index (χ1n) is 13.7. The molecule has 1 unspecified atom stereocenters. The van der Waals surface area contributed by atoms with E-state index in [9.17, 15) is 15.0 Å². The molecule has 3 aliphatic rings. The molecular formula is C29H43FN2O4. The quantitative estimate of drug-likeness (QED) is 0.351. The third-order valence-corrected chi connectivity index (χ3v) is 8.64. The first-order valence-corrected chi connectivity index (χ1v) is 13.7. The summed E-state index contributed by atoms with van der Waals surface area (Å²) in [5.41, 5.74) is 6.01. The fourth-order valence-electron chi connectivity index (χ4n) is 6.62. The third kappa shape index (κ3) is 5.85. The standard InChI is InChI=1S/C29H43FN2O4/c1-36-16-6-5-14-29(35,23-12-7-13-24(30)27(23)20-9-3-2-4-10-20)22-11-8-15-32(19-22)28(34)21-17-25(31)26(33)18-21/h3,7,9,12-13,20-22,25-26,33,35H,2,4-6,8,10-11,14-19,31H2,1H3/t20?,21-,22+,25+,26-,29-/m0/s1. The molecule has 0 radical (unpaired) electrons. The van der Waals surface area contributed by atoms with Crippen LogP contribution in [-0.4, -0.2) is 60.0 Å². The average molecular weight is 503 g/mol. The van der Waals surface area contributed by atoms with Gasteiger partial charge in [0.25, 0.3) is 0 Å². The van der Waals surface area contributed by atoms with E-state index in [0.29, 0.717) is 50.1 Å². The summed E-state index contributed by atoms with van der Waals surface area (Å²) in [6.07, 6.45) is 10.9. The summed E-state index contributed by atoms with van der Waals surface area (Å²) < 4.78 is 20.6. The zero-order valence-corrected chi connectivity index (χ0v) is 21.6.